The lowest BCUT2D eigenvalue weighted by molar-refractivity contribution is 0.252. The average Bonchev–Trinajstić information content (AvgIpc) is 2.77. The van der Waals surface area contributed by atoms with Crippen molar-refractivity contribution >= 4 is 39.0 Å². The van der Waals surface area contributed by atoms with Gasteiger partial charge in [0.15, 0.2) is 0 Å². The molecule has 1 aromatic heterocycles. The van der Waals surface area contributed by atoms with Gasteiger partial charge in [-0.15, -0.1) is 11.3 Å². The van der Waals surface area contributed by atoms with Crippen LogP contribution in [0.15, 0.2) is 28.9 Å². The van der Waals surface area contributed by atoms with Crippen molar-refractivity contribution in [1.82, 2.24) is 10.3 Å². The number of amides is 2. The van der Waals surface area contributed by atoms with Crippen molar-refractivity contribution < 1.29 is 4.79 Å². The van der Waals surface area contributed by atoms with Crippen LogP contribution in [0.3, 0.4) is 0 Å². The van der Waals surface area contributed by atoms with E-state index in [2.05, 4.69) is 31.5 Å². The van der Waals surface area contributed by atoms with E-state index in [4.69, 9.17) is 0 Å². The third kappa shape index (κ3) is 4.04. The first-order valence-electron chi connectivity index (χ1n) is 5.77. The predicted molar refractivity (Wildman–Crippen MR) is 81.6 cm³/mol. The molecular weight excluding hydrogens is 326 g/mol. The van der Waals surface area contributed by atoms with Crippen LogP contribution in [0.4, 0.5) is 10.5 Å². The van der Waals surface area contributed by atoms with Crippen LogP contribution in [0.2, 0.25) is 0 Å². The molecule has 1 aromatic carbocycles. The van der Waals surface area contributed by atoms with Crippen LogP contribution in [0, 0.1) is 13.8 Å². The third-order valence-corrected chi connectivity index (χ3v) is 4.31. The number of carbonyl (C=O) groups excluding carboxylic acids is 1. The first-order valence-corrected chi connectivity index (χ1v) is 7.38. The molecule has 0 aliphatic carbocycles. The van der Waals surface area contributed by atoms with Crippen molar-refractivity contribution in [2.24, 2.45) is 0 Å². The van der Waals surface area contributed by atoms with Gasteiger partial charge in [0.2, 0.25) is 0 Å². The lowest BCUT2D eigenvalue weighted by Crippen LogP contribution is -2.27. The van der Waals surface area contributed by atoms with E-state index in [9.17, 15) is 4.79 Å². The van der Waals surface area contributed by atoms with Crippen LogP contribution in [-0.2, 0) is 6.54 Å². The molecule has 19 heavy (non-hydrogen) atoms. The SMILES string of the molecule is Cc1ncc(CNC(=O)Nc2ccc(Br)c(C)c2)s1. The van der Waals surface area contributed by atoms with Crippen LogP contribution in [0.5, 0.6) is 0 Å². The smallest absolute Gasteiger partial charge is 0.319 e. The van der Waals surface area contributed by atoms with Crippen LogP contribution < -0.4 is 10.6 Å². The first-order chi connectivity index (χ1) is 9.04. The summed E-state index contributed by atoms with van der Waals surface area (Å²) >= 11 is 5.01. The number of hydrogen-bond donors (Lipinski definition) is 2. The molecule has 1 heterocycles. The zero-order valence-corrected chi connectivity index (χ0v) is 13.1. The number of nitrogens with zero attached hydrogens (tertiary/aromatic N) is 1. The zero-order chi connectivity index (χ0) is 13.8. The second-order valence-corrected chi connectivity index (χ2v) is 6.29. The zero-order valence-electron chi connectivity index (χ0n) is 10.7. The average molecular weight is 340 g/mol. The highest BCUT2D eigenvalue weighted by Crippen LogP contribution is 2.19. The maximum absolute atomic E-state index is 11.7. The van der Waals surface area contributed by atoms with Crippen LogP contribution >= 0.6 is 27.3 Å². The molecule has 100 valence electrons. The Morgan fingerprint density at radius 1 is 1.42 bits per heavy atom. The lowest BCUT2D eigenvalue weighted by atomic mass is 10.2. The number of anilines is 1. The molecule has 0 saturated heterocycles. The molecule has 0 aliphatic heterocycles. The second-order valence-electron chi connectivity index (χ2n) is 4.12. The quantitative estimate of drug-likeness (QED) is 0.892. The molecule has 2 rings (SSSR count). The van der Waals surface area contributed by atoms with E-state index in [1.165, 1.54) is 0 Å². The predicted octanol–water partition coefficient (Wildman–Crippen LogP) is 3.84. The second kappa shape index (κ2) is 6.16. The van der Waals surface area contributed by atoms with Gasteiger partial charge in [-0.25, -0.2) is 9.78 Å². The lowest BCUT2D eigenvalue weighted by Gasteiger charge is -2.08. The molecule has 4 nitrogen and oxygen atoms in total. The molecule has 0 unspecified atom stereocenters. The van der Waals surface area contributed by atoms with Crippen molar-refractivity contribution in [3.05, 3.63) is 44.3 Å². The Labute approximate surface area is 124 Å². The van der Waals surface area contributed by atoms with Crippen molar-refractivity contribution in [1.29, 1.82) is 0 Å². The Balaban J connectivity index is 1.88. The number of urea groups is 1. The van der Waals surface area contributed by atoms with Gasteiger partial charge < -0.3 is 10.6 Å². The van der Waals surface area contributed by atoms with Crippen LogP contribution in [0.25, 0.3) is 0 Å². The fraction of sp³-hybridized carbons (Fsp3) is 0.231. The minimum Gasteiger partial charge on any atom is -0.333 e. The van der Waals surface area contributed by atoms with Gasteiger partial charge in [0.05, 0.1) is 11.6 Å². The molecule has 0 bridgehead atoms. The summed E-state index contributed by atoms with van der Waals surface area (Å²) < 4.78 is 1.03. The summed E-state index contributed by atoms with van der Waals surface area (Å²) in [7, 11) is 0. The number of aryl methyl sites for hydroxylation is 2. The molecule has 6 heteroatoms. The molecule has 2 amide bonds. The van der Waals surface area contributed by atoms with Gasteiger partial charge in [-0.3, -0.25) is 0 Å². The number of benzene rings is 1. The summed E-state index contributed by atoms with van der Waals surface area (Å²) in [5, 5.41) is 6.60. The Morgan fingerprint density at radius 2 is 2.21 bits per heavy atom. The fourth-order valence-corrected chi connectivity index (χ4v) is 2.53. The van der Waals surface area contributed by atoms with Gasteiger partial charge in [-0.2, -0.15) is 0 Å². The van der Waals surface area contributed by atoms with Gasteiger partial charge >= 0.3 is 6.03 Å². The van der Waals surface area contributed by atoms with Gasteiger partial charge in [0.1, 0.15) is 0 Å². The van der Waals surface area contributed by atoms with Crippen molar-refractivity contribution in [3.63, 3.8) is 0 Å². The van der Waals surface area contributed by atoms with Gasteiger partial charge in [-0.1, -0.05) is 15.9 Å². The number of halogens is 1. The number of nitrogens with one attached hydrogen (secondary N) is 2. The topological polar surface area (TPSA) is 54.0 Å². The molecule has 0 atom stereocenters. The Bertz CT molecular complexity index is 597. The minimum absolute atomic E-state index is 0.215. The number of carbonyl (C=O) groups is 1. The number of rotatable bonds is 3. The molecule has 0 radical (unpaired) electrons. The van der Waals surface area contributed by atoms with Gasteiger partial charge in [0.25, 0.3) is 0 Å². The van der Waals surface area contributed by atoms with E-state index in [0.717, 1.165) is 25.6 Å². The Hall–Kier alpha value is -1.40. The fourth-order valence-electron chi connectivity index (χ4n) is 1.55. The molecular formula is C13H14BrN3OS. The van der Waals surface area contributed by atoms with Crippen molar-refractivity contribution in [3.8, 4) is 0 Å². The molecule has 2 aromatic rings. The number of thiazole rings is 1. The highest BCUT2D eigenvalue weighted by molar-refractivity contribution is 9.10. The normalized spacial score (nSPS) is 10.3. The maximum atomic E-state index is 11.7. The molecule has 0 aliphatic rings. The summed E-state index contributed by atoms with van der Waals surface area (Å²) in [6.07, 6.45) is 1.78. The Kier molecular flexibility index (Phi) is 4.55. The van der Waals surface area contributed by atoms with Gasteiger partial charge in [-0.05, 0) is 37.6 Å². The summed E-state index contributed by atoms with van der Waals surface area (Å²) in [5.74, 6) is 0. The third-order valence-electron chi connectivity index (χ3n) is 2.51. The van der Waals surface area contributed by atoms with Crippen LogP contribution in [-0.4, -0.2) is 11.0 Å². The van der Waals surface area contributed by atoms with E-state index in [-0.39, 0.29) is 6.03 Å². The molecule has 0 saturated carbocycles. The van der Waals surface area contributed by atoms with E-state index in [0.29, 0.717) is 6.54 Å². The summed E-state index contributed by atoms with van der Waals surface area (Å²) in [6.45, 7) is 4.42. The first kappa shape index (κ1) is 14.0. The number of hydrogen-bond acceptors (Lipinski definition) is 3. The van der Waals surface area contributed by atoms with E-state index in [1.54, 1.807) is 17.5 Å². The van der Waals surface area contributed by atoms with Crippen molar-refractivity contribution in [2.75, 3.05) is 5.32 Å². The highest BCUT2D eigenvalue weighted by atomic mass is 79.9. The van der Waals surface area contributed by atoms with E-state index < -0.39 is 0 Å². The summed E-state index contributed by atoms with van der Waals surface area (Å²) in [4.78, 5) is 16.9. The van der Waals surface area contributed by atoms with E-state index >= 15 is 0 Å². The van der Waals surface area contributed by atoms with Crippen LogP contribution in [0.1, 0.15) is 15.4 Å². The molecule has 0 spiro atoms. The largest absolute Gasteiger partial charge is 0.333 e. The molecule has 2 N–H and O–H groups in total. The summed E-state index contributed by atoms with van der Waals surface area (Å²) in [6, 6.07) is 5.47. The van der Waals surface area contributed by atoms with E-state index in [1.807, 2.05) is 32.0 Å². The van der Waals surface area contributed by atoms with Gasteiger partial charge in [0, 0.05) is 21.2 Å². The minimum atomic E-state index is -0.215. The highest BCUT2D eigenvalue weighted by Gasteiger charge is 2.04. The standard InChI is InChI=1S/C13H14BrN3OS/c1-8-5-10(3-4-12(8)14)17-13(18)16-7-11-6-15-9(2)19-11/h3-6H,7H2,1-2H3,(H2,16,17,18). The number of aromatic nitrogens is 1. The van der Waals surface area contributed by atoms with Crippen molar-refractivity contribution in [2.45, 2.75) is 20.4 Å². The molecule has 0 fully saturated rings. The summed E-state index contributed by atoms with van der Waals surface area (Å²) in [5.41, 5.74) is 1.86. The monoisotopic (exact) mass is 339 g/mol. The maximum Gasteiger partial charge on any atom is 0.319 e. The Morgan fingerprint density at radius 3 is 2.84 bits per heavy atom.